The molecule has 2 unspecified atom stereocenters. The summed E-state index contributed by atoms with van der Waals surface area (Å²) in [4.78, 5) is 23.5. The molecule has 0 radical (unpaired) electrons. The zero-order valence-electron chi connectivity index (χ0n) is 22.3. The topological polar surface area (TPSA) is 66.3 Å². The number of piperazine rings is 1. The number of benzene rings is 2. The van der Waals surface area contributed by atoms with E-state index in [4.69, 9.17) is 0 Å². The zero-order valence-corrected chi connectivity index (χ0v) is 22.3. The van der Waals surface area contributed by atoms with Crippen LogP contribution in [0.1, 0.15) is 48.6 Å². The van der Waals surface area contributed by atoms with E-state index in [1.807, 2.05) is 43.3 Å². The molecule has 2 aromatic carbocycles. The van der Waals surface area contributed by atoms with Gasteiger partial charge in [-0.05, 0) is 86.7 Å². The van der Waals surface area contributed by atoms with Gasteiger partial charge in [-0.15, -0.1) is 0 Å². The number of hydrogen-bond donors (Lipinski definition) is 1. The van der Waals surface area contributed by atoms with Crippen molar-refractivity contribution in [2.45, 2.75) is 50.2 Å². The minimum Gasteiger partial charge on any atom is -0.368 e. The van der Waals surface area contributed by atoms with Crippen LogP contribution in [0.25, 0.3) is 22.0 Å². The highest BCUT2D eigenvalue weighted by molar-refractivity contribution is 5.98. The van der Waals surface area contributed by atoms with Gasteiger partial charge < -0.3 is 10.2 Å². The quantitative estimate of drug-likeness (QED) is 0.416. The van der Waals surface area contributed by atoms with Gasteiger partial charge in [0.2, 0.25) is 0 Å². The summed E-state index contributed by atoms with van der Waals surface area (Å²) in [5.41, 5.74) is 6.75. The van der Waals surface area contributed by atoms with Crippen LogP contribution in [0.3, 0.4) is 0 Å². The lowest BCUT2D eigenvalue weighted by atomic mass is 9.94. The highest BCUT2D eigenvalue weighted by atomic mass is 16.1. The predicted octanol–water partition coefficient (Wildman–Crippen LogP) is 4.89. The summed E-state index contributed by atoms with van der Waals surface area (Å²) in [6.07, 6.45) is 10.1. The SMILES string of the molecule is Cc1ccc(N2CC3CCC(C2)N3C)cc1C(=O)NC1(c2cc(-c3cnn(C)c3)cc3ncccc23)CC1.[HH]. The van der Waals surface area contributed by atoms with Gasteiger partial charge in [-0.1, -0.05) is 12.1 Å². The van der Waals surface area contributed by atoms with E-state index in [0.29, 0.717) is 12.1 Å². The molecule has 7 nitrogen and oxygen atoms in total. The Balaban J connectivity index is 0.00000277. The first-order valence-electron chi connectivity index (χ1n) is 13.7. The van der Waals surface area contributed by atoms with E-state index in [1.54, 1.807) is 0 Å². The van der Waals surface area contributed by atoms with Crippen molar-refractivity contribution >= 4 is 22.5 Å². The maximum atomic E-state index is 13.9. The monoisotopic (exact) mass is 508 g/mol. The van der Waals surface area contributed by atoms with E-state index in [0.717, 1.165) is 70.3 Å². The molecule has 1 saturated carbocycles. The lowest BCUT2D eigenvalue weighted by molar-refractivity contribution is 0.0930. The molecule has 196 valence electrons. The van der Waals surface area contributed by atoms with Gasteiger partial charge in [0.05, 0.1) is 17.3 Å². The van der Waals surface area contributed by atoms with Crippen LogP contribution in [0, 0.1) is 6.92 Å². The Labute approximate surface area is 224 Å². The van der Waals surface area contributed by atoms with Gasteiger partial charge in [0.25, 0.3) is 5.91 Å². The Kier molecular flexibility index (Phi) is 5.34. The summed E-state index contributed by atoms with van der Waals surface area (Å²) in [6, 6.07) is 16.0. The molecular formula is C31H36N6O. The summed E-state index contributed by atoms with van der Waals surface area (Å²) >= 11 is 0. The van der Waals surface area contributed by atoms with Crippen LogP contribution < -0.4 is 10.2 Å². The Hall–Kier alpha value is -3.71. The van der Waals surface area contributed by atoms with Crippen molar-refractivity contribution in [2.75, 3.05) is 25.0 Å². The number of carbonyl (C=O) groups excluding carboxylic acids is 1. The van der Waals surface area contributed by atoms with E-state index in [-0.39, 0.29) is 12.9 Å². The van der Waals surface area contributed by atoms with Gasteiger partial charge in [-0.25, -0.2) is 0 Å². The van der Waals surface area contributed by atoms with Crippen LogP contribution in [0.15, 0.2) is 61.1 Å². The Bertz CT molecular complexity index is 1550. The fourth-order valence-electron chi connectivity index (χ4n) is 6.56. The molecule has 2 aromatic heterocycles. The van der Waals surface area contributed by atoms with Crippen LogP contribution in [-0.2, 0) is 12.6 Å². The second-order valence-corrected chi connectivity index (χ2v) is 11.5. The van der Waals surface area contributed by atoms with Crippen molar-refractivity contribution in [3.63, 3.8) is 0 Å². The highest BCUT2D eigenvalue weighted by Crippen LogP contribution is 2.49. The van der Waals surface area contributed by atoms with Crippen molar-refractivity contribution in [3.8, 4) is 11.1 Å². The van der Waals surface area contributed by atoms with Crippen LogP contribution in [0.2, 0.25) is 0 Å². The number of nitrogens with one attached hydrogen (secondary N) is 1. The van der Waals surface area contributed by atoms with Crippen molar-refractivity contribution in [1.82, 2.24) is 25.0 Å². The molecule has 1 amide bonds. The van der Waals surface area contributed by atoms with E-state index in [2.05, 4.69) is 68.6 Å². The van der Waals surface area contributed by atoms with E-state index in [9.17, 15) is 4.79 Å². The third-order valence-corrected chi connectivity index (χ3v) is 9.06. The summed E-state index contributed by atoms with van der Waals surface area (Å²) in [5, 5.41) is 8.93. The van der Waals surface area contributed by atoms with Gasteiger partial charge in [-0.2, -0.15) is 5.10 Å². The first kappa shape index (κ1) is 23.4. The van der Waals surface area contributed by atoms with Crippen LogP contribution in [-0.4, -0.2) is 57.8 Å². The third kappa shape index (κ3) is 3.88. The number of hydrogen-bond acceptors (Lipinski definition) is 5. The fraction of sp³-hybridized carbons (Fsp3) is 0.387. The Morgan fingerprint density at radius 1 is 1.05 bits per heavy atom. The van der Waals surface area contributed by atoms with Gasteiger partial charge in [0.1, 0.15) is 0 Å². The Morgan fingerprint density at radius 3 is 2.55 bits per heavy atom. The first-order chi connectivity index (χ1) is 18.4. The van der Waals surface area contributed by atoms with Crippen molar-refractivity contribution < 1.29 is 6.22 Å². The maximum absolute atomic E-state index is 13.9. The first-order valence-corrected chi connectivity index (χ1v) is 13.7. The molecule has 2 aliphatic heterocycles. The Morgan fingerprint density at radius 2 is 1.84 bits per heavy atom. The molecule has 1 aliphatic carbocycles. The molecule has 0 spiro atoms. The number of rotatable bonds is 5. The molecule has 7 rings (SSSR count). The normalized spacial score (nSPS) is 22.1. The number of nitrogens with zero attached hydrogens (tertiary/aromatic N) is 5. The largest absolute Gasteiger partial charge is 0.368 e. The molecule has 2 saturated heterocycles. The third-order valence-electron chi connectivity index (χ3n) is 9.06. The average molecular weight is 509 g/mol. The molecule has 2 atom stereocenters. The molecule has 38 heavy (non-hydrogen) atoms. The molecule has 1 N–H and O–H groups in total. The van der Waals surface area contributed by atoms with E-state index >= 15 is 0 Å². The number of aryl methyl sites for hydroxylation is 2. The molecule has 3 aliphatic rings. The van der Waals surface area contributed by atoms with Crippen molar-refractivity contribution in [1.29, 1.82) is 0 Å². The summed E-state index contributed by atoms with van der Waals surface area (Å²) < 4.78 is 1.81. The number of pyridine rings is 1. The van der Waals surface area contributed by atoms with E-state index < -0.39 is 0 Å². The molecule has 7 heteroatoms. The lowest BCUT2D eigenvalue weighted by Crippen LogP contribution is -2.52. The minimum absolute atomic E-state index is 0. The maximum Gasteiger partial charge on any atom is 0.252 e. The fourth-order valence-corrected chi connectivity index (χ4v) is 6.56. The smallest absolute Gasteiger partial charge is 0.252 e. The van der Waals surface area contributed by atoms with Gasteiger partial charge in [-0.3, -0.25) is 19.4 Å². The number of amides is 1. The molecular weight excluding hydrogens is 472 g/mol. The summed E-state index contributed by atoms with van der Waals surface area (Å²) in [7, 11) is 4.18. The molecule has 2 bridgehead atoms. The van der Waals surface area contributed by atoms with Gasteiger partial charge >= 0.3 is 0 Å². The zero-order chi connectivity index (χ0) is 26.0. The summed E-state index contributed by atoms with van der Waals surface area (Å²) in [5.74, 6) is 0.00257. The van der Waals surface area contributed by atoms with Crippen molar-refractivity contribution in [2.24, 2.45) is 7.05 Å². The van der Waals surface area contributed by atoms with Crippen LogP contribution in [0.5, 0.6) is 0 Å². The van der Waals surface area contributed by atoms with Gasteiger partial charge in [0, 0.05) is 68.2 Å². The molecule has 3 fully saturated rings. The second kappa shape index (κ2) is 8.67. The predicted molar refractivity (Wildman–Crippen MR) is 152 cm³/mol. The second-order valence-electron chi connectivity index (χ2n) is 11.5. The van der Waals surface area contributed by atoms with Crippen molar-refractivity contribution in [3.05, 3.63) is 77.7 Å². The average Bonchev–Trinajstić information content (AvgIpc) is 3.53. The minimum atomic E-state index is -0.383. The molecule has 4 heterocycles. The highest BCUT2D eigenvalue weighted by Gasteiger charge is 2.47. The van der Waals surface area contributed by atoms with Crippen LogP contribution >= 0.6 is 0 Å². The lowest BCUT2D eigenvalue weighted by Gasteiger charge is -2.40. The van der Waals surface area contributed by atoms with Crippen LogP contribution in [0.4, 0.5) is 5.69 Å². The number of aromatic nitrogens is 3. The standard InChI is InChI=1S/C31H34N6O.H2/c1-20-6-7-23(37-18-24-8-9-25(19-37)36(24)3)15-27(20)30(38)34-31(10-11-31)28-13-21(22-16-33-35(2)17-22)14-29-26(28)5-4-12-32-29;/h4-7,12-17,24-25H,8-11,18-19H2,1-3H3,(H,34,38);1H. The van der Waals surface area contributed by atoms with E-state index in [1.165, 1.54) is 12.8 Å². The van der Waals surface area contributed by atoms with Gasteiger partial charge in [0.15, 0.2) is 0 Å². The summed E-state index contributed by atoms with van der Waals surface area (Å²) in [6.45, 7) is 4.09. The molecule has 4 aromatic rings. The number of fused-ring (bicyclic) bond motifs is 3. The number of anilines is 1. The number of carbonyl (C=O) groups is 1. The number of likely N-dealkylation sites (N-methyl/N-ethyl adjacent to an activating group) is 1.